The van der Waals surface area contributed by atoms with E-state index in [1.807, 2.05) is 24.3 Å². The van der Waals surface area contributed by atoms with Gasteiger partial charge in [-0.15, -0.1) is 0 Å². The lowest BCUT2D eigenvalue weighted by molar-refractivity contribution is -0.384. The third-order valence-corrected chi connectivity index (χ3v) is 7.06. The molecule has 1 atom stereocenters. The number of hydrogen-bond acceptors (Lipinski definition) is 6. The summed E-state index contributed by atoms with van der Waals surface area (Å²) in [4.78, 5) is 17.3. The summed E-state index contributed by atoms with van der Waals surface area (Å²) < 4.78 is 12.2. The van der Waals surface area contributed by atoms with E-state index >= 15 is 0 Å². The third-order valence-electron chi connectivity index (χ3n) is 6.82. The average Bonchev–Trinajstić information content (AvgIpc) is 3.00. The van der Waals surface area contributed by atoms with Crippen molar-refractivity contribution in [2.45, 2.75) is 57.6 Å². The minimum Gasteiger partial charge on any atom is -0.483 e. The van der Waals surface area contributed by atoms with E-state index in [0.717, 1.165) is 50.0 Å². The second-order valence-electron chi connectivity index (χ2n) is 9.49. The molecule has 2 aromatic carbocycles. The molecule has 8 heteroatoms. The van der Waals surface area contributed by atoms with Crippen LogP contribution in [-0.4, -0.2) is 36.7 Å². The van der Waals surface area contributed by atoms with Gasteiger partial charge < -0.3 is 14.4 Å². The number of aliphatic imine (C=N–C) groups is 1. The summed E-state index contributed by atoms with van der Waals surface area (Å²) in [5, 5.41) is 11.9. The van der Waals surface area contributed by atoms with Gasteiger partial charge in [0.1, 0.15) is 5.75 Å². The summed E-state index contributed by atoms with van der Waals surface area (Å²) in [6, 6.07) is 10.7. The van der Waals surface area contributed by atoms with Crippen LogP contribution in [0.2, 0.25) is 5.02 Å². The molecule has 186 valence electrons. The van der Waals surface area contributed by atoms with Gasteiger partial charge in [0, 0.05) is 41.5 Å². The summed E-state index contributed by atoms with van der Waals surface area (Å²) in [7, 11) is 0. The molecule has 0 amide bonds. The Morgan fingerprint density at radius 3 is 2.80 bits per heavy atom. The smallest absolute Gasteiger partial charge is 0.270 e. The van der Waals surface area contributed by atoms with E-state index in [4.69, 9.17) is 21.1 Å². The van der Waals surface area contributed by atoms with E-state index in [1.165, 1.54) is 6.07 Å². The first-order valence-corrected chi connectivity index (χ1v) is 12.5. The maximum Gasteiger partial charge on any atom is 0.270 e. The number of nitro benzene ring substituents is 1. The second kappa shape index (κ2) is 10.3. The Morgan fingerprint density at radius 1 is 1.20 bits per heavy atom. The number of nitro groups is 1. The van der Waals surface area contributed by atoms with Crippen molar-refractivity contribution >= 4 is 35.5 Å². The number of benzene rings is 2. The van der Waals surface area contributed by atoms with Crippen LogP contribution in [-0.2, 0) is 10.2 Å². The molecule has 7 nitrogen and oxygen atoms in total. The van der Waals surface area contributed by atoms with Gasteiger partial charge in [-0.3, -0.25) is 15.1 Å². The van der Waals surface area contributed by atoms with Crippen molar-refractivity contribution in [2.24, 2.45) is 4.99 Å². The molecule has 2 aliphatic rings. The molecule has 0 bridgehead atoms. The zero-order valence-electron chi connectivity index (χ0n) is 20.5. The summed E-state index contributed by atoms with van der Waals surface area (Å²) >= 11 is 6.40. The zero-order valence-corrected chi connectivity index (χ0v) is 21.3. The summed E-state index contributed by atoms with van der Waals surface area (Å²) in [5.74, 6) is 0.634. The molecule has 1 spiro atoms. The second-order valence-corrected chi connectivity index (χ2v) is 9.93. The quantitative estimate of drug-likeness (QED) is 0.119. The highest BCUT2D eigenvalue weighted by molar-refractivity contribution is 6.30. The van der Waals surface area contributed by atoms with Crippen LogP contribution in [0.25, 0.3) is 6.08 Å². The molecule has 0 N–H and O–H groups in total. The number of anilines is 1. The molecular weight excluding hydrogens is 466 g/mol. The highest BCUT2D eigenvalue weighted by Gasteiger charge is 2.58. The zero-order chi connectivity index (χ0) is 25.1. The monoisotopic (exact) mass is 497 g/mol. The van der Waals surface area contributed by atoms with Crippen LogP contribution in [0, 0.1) is 10.1 Å². The SMILES string of the molecule is CCCN=COCCCCCN1c2ccc(Cl)cc2C(C)(C)C12C=Cc1cc([N+](=O)[O-])ccc1O2. The van der Waals surface area contributed by atoms with Gasteiger partial charge in [-0.2, -0.15) is 0 Å². The minimum atomic E-state index is -0.771. The first-order valence-electron chi connectivity index (χ1n) is 12.1. The van der Waals surface area contributed by atoms with Crippen molar-refractivity contribution in [3.05, 3.63) is 68.7 Å². The number of ether oxygens (including phenoxy) is 2. The van der Waals surface area contributed by atoms with Gasteiger partial charge in [-0.05, 0) is 81.5 Å². The molecule has 2 aromatic rings. The number of non-ortho nitro benzene ring substituents is 1. The Bertz CT molecular complexity index is 1150. The maximum atomic E-state index is 11.2. The van der Waals surface area contributed by atoms with Gasteiger partial charge in [0.2, 0.25) is 5.72 Å². The molecule has 2 aliphatic heterocycles. The van der Waals surface area contributed by atoms with Gasteiger partial charge in [0.25, 0.3) is 5.69 Å². The molecular formula is C27H32ClN3O4. The Balaban J connectivity index is 1.55. The molecule has 4 rings (SSSR count). The van der Waals surface area contributed by atoms with Crippen LogP contribution in [0.15, 0.2) is 47.5 Å². The molecule has 2 heterocycles. The Hall–Kier alpha value is -3.06. The fourth-order valence-corrected chi connectivity index (χ4v) is 5.09. The van der Waals surface area contributed by atoms with Gasteiger partial charge in [-0.25, -0.2) is 0 Å². The number of rotatable bonds is 10. The van der Waals surface area contributed by atoms with Crippen LogP contribution in [0.4, 0.5) is 11.4 Å². The summed E-state index contributed by atoms with van der Waals surface area (Å²) in [5.41, 5.74) is 1.78. The molecule has 0 aromatic heterocycles. The first-order chi connectivity index (χ1) is 16.8. The maximum absolute atomic E-state index is 11.2. The Kier molecular flexibility index (Phi) is 7.36. The lowest BCUT2D eigenvalue weighted by Gasteiger charge is -2.47. The van der Waals surface area contributed by atoms with E-state index in [0.29, 0.717) is 22.9 Å². The summed E-state index contributed by atoms with van der Waals surface area (Å²) in [6.07, 6.45) is 9.46. The van der Waals surface area contributed by atoms with Gasteiger partial charge in [-0.1, -0.05) is 18.5 Å². The number of nitrogens with zero attached hydrogens (tertiary/aromatic N) is 3. The molecule has 0 saturated heterocycles. The normalized spacial score (nSPS) is 19.6. The molecule has 35 heavy (non-hydrogen) atoms. The van der Waals surface area contributed by atoms with Gasteiger partial charge in [0.05, 0.1) is 16.9 Å². The summed E-state index contributed by atoms with van der Waals surface area (Å²) in [6.45, 7) is 8.63. The van der Waals surface area contributed by atoms with E-state index < -0.39 is 11.1 Å². The largest absolute Gasteiger partial charge is 0.483 e. The van der Waals surface area contributed by atoms with Crippen LogP contribution in [0.5, 0.6) is 5.75 Å². The predicted octanol–water partition coefficient (Wildman–Crippen LogP) is 6.77. The average molecular weight is 498 g/mol. The Morgan fingerprint density at radius 2 is 2.03 bits per heavy atom. The van der Waals surface area contributed by atoms with Crippen LogP contribution in [0.3, 0.4) is 0 Å². The van der Waals surface area contributed by atoms with E-state index in [-0.39, 0.29) is 10.6 Å². The highest BCUT2D eigenvalue weighted by atomic mass is 35.5. The number of unbranched alkanes of at least 4 members (excludes halogenated alkanes) is 2. The van der Waals surface area contributed by atoms with Crippen molar-refractivity contribution in [2.75, 3.05) is 24.6 Å². The van der Waals surface area contributed by atoms with Crippen molar-refractivity contribution < 1.29 is 14.4 Å². The third kappa shape index (κ3) is 4.74. The molecule has 1 unspecified atom stereocenters. The van der Waals surface area contributed by atoms with Crippen molar-refractivity contribution in [3.8, 4) is 5.75 Å². The van der Waals surface area contributed by atoms with Crippen molar-refractivity contribution in [3.63, 3.8) is 0 Å². The van der Waals surface area contributed by atoms with E-state index in [9.17, 15) is 10.1 Å². The number of halogens is 1. The molecule has 0 radical (unpaired) electrons. The van der Waals surface area contributed by atoms with Crippen LogP contribution in [0.1, 0.15) is 57.6 Å². The van der Waals surface area contributed by atoms with Crippen molar-refractivity contribution in [1.82, 2.24) is 0 Å². The lowest BCUT2D eigenvalue weighted by atomic mass is 9.76. The number of hydrogen-bond donors (Lipinski definition) is 0. The first kappa shape index (κ1) is 25.0. The minimum absolute atomic E-state index is 0.0486. The van der Waals surface area contributed by atoms with E-state index in [2.05, 4.69) is 36.7 Å². The van der Waals surface area contributed by atoms with Crippen LogP contribution < -0.4 is 9.64 Å². The fourth-order valence-electron chi connectivity index (χ4n) is 4.92. The van der Waals surface area contributed by atoms with Gasteiger partial charge in [0.15, 0.2) is 6.40 Å². The topological polar surface area (TPSA) is 77.2 Å². The molecule has 0 aliphatic carbocycles. The standard InChI is InChI=1S/C27H32ClN3O4/c1-4-14-29-19-34-16-7-5-6-15-30-24-10-8-21(28)18-23(24)26(2,3)27(30)13-12-20-17-22(31(32)33)9-11-25(20)35-27/h8-13,17-19H,4-7,14-16H2,1-3H3. The van der Waals surface area contributed by atoms with Crippen molar-refractivity contribution in [1.29, 1.82) is 0 Å². The van der Waals surface area contributed by atoms with Gasteiger partial charge >= 0.3 is 0 Å². The Labute approximate surface area is 211 Å². The van der Waals surface area contributed by atoms with E-state index in [1.54, 1.807) is 18.5 Å². The van der Waals surface area contributed by atoms with Crippen LogP contribution >= 0.6 is 11.6 Å². The molecule has 0 saturated carbocycles. The molecule has 0 fully saturated rings. The lowest BCUT2D eigenvalue weighted by Crippen LogP contribution is -2.59. The highest BCUT2D eigenvalue weighted by Crippen LogP contribution is 2.55. The predicted molar refractivity (Wildman–Crippen MR) is 141 cm³/mol. The fraction of sp³-hybridized carbons (Fsp3) is 0.444. The number of fused-ring (bicyclic) bond motifs is 2.